The molecule has 0 atom stereocenters. The number of hydrogen-bond donors (Lipinski definition) is 1. The number of sulfone groups is 1. The number of rotatable bonds is 6. The minimum absolute atomic E-state index is 0.132. The summed E-state index contributed by atoms with van der Waals surface area (Å²) in [6.07, 6.45) is 1.14. The van der Waals surface area contributed by atoms with Crippen molar-refractivity contribution in [1.29, 1.82) is 0 Å². The molecule has 0 aliphatic carbocycles. The summed E-state index contributed by atoms with van der Waals surface area (Å²) in [7, 11) is -1.75. The van der Waals surface area contributed by atoms with E-state index in [-0.39, 0.29) is 12.4 Å². The molecule has 0 radical (unpaired) electrons. The van der Waals surface area contributed by atoms with Crippen molar-refractivity contribution < 1.29 is 22.9 Å². The molecule has 1 aromatic carbocycles. The van der Waals surface area contributed by atoms with Crippen LogP contribution in [0.4, 0.5) is 0 Å². The summed E-state index contributed by atoms with van der Waals surface area (Å²) in [5.74, 6) is 0.308. The summed E-state index contributed by atoms with van der Waals surface area (Å²) in [5.41, 5.74) is -1.08. The predicted octanol–water partition coefficient (Wildman–Crippen LogP) is 0.642. The van der Waals surface area contributed by atoms with Crippen LogP contribution in [0.1, 0.15) is 27.7 Å². The van der Waals surface area contributed by atoms with Crippen LogP contribution in [0.2, 0.25) is 0 Å². The summed E-state index contributed by atoms with van der Waals surface area (Å²) in [5, 5.41) is 10.0. The average Bonchev–Trinajstić information content (AvgIpc) is 2.33. The summed E-state index contributed by atoms with van der Waals surface area (Å²) in [4.78, 5) is 0.132. The highest BCUT2D eigenvalue weighted by molar-refractivity contribution is 7.90. The summed E-state index contributed by atoms with van der Waals surface area (Å²) < 4.78 is 34.3. The molecule has 1 aromatic rings. The van der Waals surface area contributed by atoms with Crippen molar-refractivity contribution in [2.45, 2.75) is 43.8 Å². The van der Waals surface area contributed by atoms with Crippen LogP contribution in [0.15, 0.2) is 23.1 Å². The van der Waals surface area contributed by atoms with Crippen LogP contribution in [0, 0.1) is 0 Å². The minimum Gasteiger partial charge on any atom is -0.495 e. The second-order valence-electron chi connectivity index (χ2n) is 6.12. The fourth-order valence-corrected chi connectivity index (χ4v) is 2.42. The van der Waals surface area contributed by atoms with Gasteiger partial charge in [-0.1, -0.05) is 11.5 Å². The molecule has 0 amide bonds. The highest BCUT2D eigenvalue weighted by atomic mass is 32.2. The zero-order chi connectivity index (χ0) is 16.5. The Balaban J connectivity index is 3.02. The van der Waals surface area contributed by atoms with E-state index in [4.69, 9.17) is 9.39 Å². The van der Waals surface area contributed by atoms with Crippen molar-refractivity contribution in [3.63, 3.8) is 0 Å². The molecule has 0 aliphatic rings. The van der Waals surface area contributed by atoms with E-state index in [2.05, 4.69) is 0 Å². The maximum absolute atomic E-state index is 11.8. The lowest BCUT2D eigenvalue weighted by Crippen LogP contribution is -2.49. The predicted molar refractivity (Wildman–Crippen MR) is 84.3 cm³/mol. The van der Waals surface area contributed by atoms with Gasteiger partial charge < -0.3 is 14.5 Å². The van der Waals surface area contributed by atoms with Gasteiger partial charge in [-0.25, -0.2) is 8.42 Å². The lowest BCUT2D eigenvalue weighted by atomic mass is 9.82. The Hall–Kier alpha value is -1.05. The standard InChI is InChI=1S/C14H23BO5S/c1-13(2,16)14(3,4)20-15-10-7-8-11(19-5)12(9-10)21(6,17)18/h7-9,15-16H,1-6H3. The number of benzene rings is 1. The van der Waals surface area contributed by atoms with Crippen LogP contribution in [0.3, 0.4) is 0 Å². The molecule has 0 bridgehead atoms. The Morgan fingerprint density at radius 1 is 1.19 bits per heavy atom. The van der Waals surface area contributed by atoms with Gasteiger partial charge in [0.05, 0.1) is 18.3 Å². The third-order valence-electron chi connectivity index (χ3n) is 3.70. The van der Waals surface area contributed by atoms with Gasteiger partial charge in [0.25, 0.3) is 0 Å². The molecule has 21 heavy (non-hydrogen) atoms. The molecular weight excluding hydrogens is 291 g/mol. The average molecular weight is 314 g/mol. The maximum Gasteiger partial charge on any atom is 0.309 e. The third-order valence-corrected chi connectivity index (χ3v) is 4.82. The molecule has 118 valence electrons. The van der Waals surface area contributed by atoms with Crippen molar-refractivity contribution in [2.24, 2.45) is 0 Å². The molecule has 0 saturated carbocycles. The molecule has 7 heteroatoms. The van der Waals surface area contributed by atoms with Gasteiger partial charge >= 0.3 is 7.48 Å². The zero-order valence-electron chi connectivity index (χ0n) is 13.4. The Bertz CT molecular complexity index is 602. The maximum atomic E-state index is 11.8. The summed E-state index contributed by atoms with van der Waals surface area (Å²) in [6.45, 7) is 6.91. The largest absolute Gasteiger partial charge is 0.495 e. The van der Waals surface area contributed by atoms with Crippen LogP contribution in [0.25, 0.3) is 0 Å². The van der Waals surface area contributed by atoms with E-state index in [1.165, 1.54) is 13.2 Å². The SMILES string of the molecule is COc1ccc(BOC(C)(C)C(C)(C)O)cc1S(C)(=O)=O. The molecular formula is C14H23BO5S. The van der Waals surface area contributed by atoms with Crippen LogP contribution in [-0.4, -0.2) is 45.6 Å². The molecule has 0 saturated heterocycles. The Kier molecular flexibility index (Phi) is 5.13. The van der Waals surface area contributed by atoms with E-state index in [0.29, 0.717) is 11.2 Å². The third kappa shape index (κ3) is 4.46. The van der Waals surface area contributed by atoms with E-state index >= 15 is 0 Å². The summed E-state index contributed by atoms with van der Waals surface area (Å²) in [6, 6.07) is 4.88. The van der Waals surface area contributed by atoms with Gasteiger partial charge in [-0.05, 0) is 39.8 Å². The van der Waals surface area contributed by atoms with E-state index in [1.54, 1.807) is 39.8 Å². The second kappa shape index (κ2) is 5.98. The van der Waals surface area contributed by atoms with Crippen molar-refractivity contribution in [3.05, 3.63) is 18.2 Å². The van der Waals surface area contributed by atoms with Gasteiger partial charge in [0.2, 0.25) is 0 Å². The summed E-state index contributed by atoms with van der Waals surface area (Å²) >= 11 is 0. The van der Waals surface area contributed by atoms with Crippen molar-refractivity contribution in [1.82, 2.24) is 0 Å². The Morgan fingerprint density at radius 3 is 2.19 bits per heavy atom. The van der Waals surface area contributed by atoms with E-state index in [1.807, 2.05) is 0 Å². The van der Waals surface area contributed by atoms with Gasteiger partial charge in [-0.15, -0.1) is 0 Å². The topological polar surface area (TPSA) is 72.8 Å². The lowest BCUT2D eigenvalue weighted by Gasteiger charge is -2.37. The number of aliphatic hydroxyl groups is 1. The van der Waals surface area contributed by atoms with Gasteiger partial charge in [-0.3, -0.25) is 0 Å². The molecule has 5 nitrogen and oxygen atoms in total. The first-order valence-corrected chi connectivity index (χ1v) is 8.51. The van der Waals surface area contributed by atoms with Crippen LogP contribution in [-0.2, 0) is 14.5 Å². The van der Waals surface area contributed by atoms with E-state index < -0.39 is 21.0 Å². The van der Waals surface area contributed by atoms with Gasteiger partial charge in [0, 0.05) is 6.26 Å². The lowest BCUT2D eigenvalue weighted by molar-refractivity contribution is -0.0893. The first-order chi connectivity index (χ1) is 9.38. The molecule has 0 aromatic heterocycles. The molecule has 0 fully saturated rings. The highest BCUT2D eigenvalue weighted by Crippen LogP contribution is 2.25. The van der Waals surface area contributed by atoms with Crippen molar-refractivity contribution in [3.8, 4) is 5.75 Å². The van der Waals surface area contributed by atoms with Gasteiger partial charge in [0.15, 0.2) is 9.84 Å². The number of methoxy groups -OCH3 is 1. The van der Waals surface area contributed by atoms with Crippen LogP contribution in [0.5, 0.6) is 5.75 Å². The number of hydrogen-bond acceptors (Lipinski definition) is 5. The molecule has 0 aliphatic heterocycles. The van der Waals surface area contributed by atoms with Gasteiger partial charge in [-0.2, -0.15) is 0 Å². The van der Waals surface area contributed by atoms with Crippen molar-refractivity contribution in [2.75, 3.05) is 13.4 Å². The quantitative estimate of drug-likeness (QED) is 0.780. The monoisotopic (exact) mass is 314 g/mol. The smallest absolute Gasteiger partial charge is 0.309 e. The van der Waals surface area contributed by atoms with Crippen LogP contribution >= 0.6 is 0 Å². The van der Waals surface area contributed by atoms with Crippen molar-refractivity contribution >= 4 is 22.8 Å². The molecule has 0 spiro atoms. The highest BCUT2D eigenvalue weighted by Gasteiger charge is 2.35. The minimum atomic E-state index is -3.38. The zero-order valence-corrected chi connectivity index (χ0v) is 14.2. The normalized spacial score (nSPS) is 13.1. The Labute approximate surface area is 127 Å². The fourth-order valence-electron chi connectivity index (χ4n) is 1.54. The van der Waals surface area contributed by atoms with Crippen LogP contribution < -0.4 is 10.2 Å². The first-order valence-electron chi connectivity index (χ1n) is 6.62. The van der Waals surface area contributed by atoms with Gasteiger partial charge in [0.1, 0.15) is 10.6 Å². The van der Waals surface area contributed by atoms with E-state index in [0.717, 1.165) is 6.26 Å². The second-order valence-corrected chi connectivity index (χ2v) is 8.10. The number of ether oxygens (including phenoxy) is 1. The van der Waals surface area contributed by atoms with E-state index in [9.17, 15) is 13.5 Å². The Morgan fingerprint density at radius 2 is 1.76 bits per heavy atom. The molecule has 1 N–H and O–H groups in total. The molecule has 0 heterocycles. The fraction of sp³-hybridized carbons (Fsp3) is 0.571. The first kappa shape index (κ1) is 18.0. The molecule has 1 rings (SSSR count). The molecule has 0 unspecified atom stereocenters.